The average molecular weight is 282 g/mol. The van der Waals surface area contributed by atoms with Crippen molar-refractivity contribution in [3.05, 3.63) is 33.9 Å². The summed E-state index contributed by atoms with van der Waals surface area (Å²) in [6, 6.07) is 3.83. The minimum atomic E-state index is -0.570. The summed E-state index contributed by atoms with van der Waals surface area (Å²) in [6.45, 7) is 4.45. The van der Waals surface area contributed by atoms with E-state index in [1.807, 2.05) is 13.8 Å². The van der Waals surface area contributed by atoms with Gasteiger partial charge in [0.2, 0.25) is 0 Å². The molecular weight excluding hydrogens is 264 g/mol. The molecule has 0 aliphatic carbocycles. The van der Waals surface area contributed by atoms with Crippen LogP contribution in [0.5, 0.6) is 0 Å². The van der Waals surface area contributed by atoms with E-state index in [0.29, 0.717) is 18.8 Å². The predicted molar refractivity (Wildman–Crippen MR) is 74.3 cm³/mol. The van der Waals surface area contributed by atoms with E-state index >= 15 is 0 Å². The van der Waals surface area contributed by atoms with Gasteiger partial charge in [-0.25, -0.2) is 0 Å². The van der Waals surface area contributed by atoms with Crippen molar-refractivity contribution < 1.29 is 14.5 Å². The monoisotopic (exact) mass is 282 g/mol. The number of hydrogen-bond donors (Lipinski definition) is 3. The Morgan fingerprint density at radius 1 is 1.50 bits per heavy atom. The van der Waals surface area contributed by atoms with Gasteiger partial charge >= 0.3 is 0 Å². The highest BCUT2D eigenvalue weighted by Crippen LogP contribution is 2.21. The standard InChI is InChI=1S/C12H18N4O4/c1-8(2)20-6-5-14-12(17)10-7-9(16(18)19)3-4-11(10)15-13/h3-4,7-8,15H,5-6,13H2,1-2H3,(H,14,17). The van der Waals surface area contributed by atoms with Crippen molar-refractivity contribution in [3.8, 4) is 0 Å². The molecule has 0 spiro atoms. The second-order valence-corrected chi connectivity index (χ2v) is 4.31. The van der Waals surface area contributed by atoms with Gasteiger partial charge in [0.15, 0.2) is 0 Å². The van der Waals surface area contributed by atoms with E-state index in [-0.39, 0.29) is 17.4 Å². The number of non-ortho nitro benzene ring substituents is 1. The SMILES string of the molecule is CC(C)OCCNC(=O)c1cc([N+](=O)[O-])ccc1NN. The van der Waals surface area contributed by atoms with E-state index < -0.39 is 10.8 Å². The minimum Gasteiger partial charge on any atom is -0.377 e. The molecule has 4 N–H and O–H groups in total. The fraction of sp³-hybridized carbons (Fsp3) is 0.417. The van der Waals surface area contributed by atoms with Crippen molar-refractivity contribution in [1.82, 2.24) is 5.32 Å². The molecule has 8 nitrogen and oxygen atoms in total. The lowest BCUT2D eigenvalue weighted by Crippen LogP contribution is -2.29. The number of carbonyl (C=O) groups is 1. The van der Waals surface area contributed by atoms with Crippen molar-refractivity contribution in [2.75, 3.05) is 18.6 Å². The summed E-state index contributed by atoms with van der Waals surface area (Å²) in [4.78, 5) is 22.1. The van der Waals surface area contributed by atoms with Gasteiger partial charge in [0.1, 0.15) is 0 Å². The van der Waals surface area contributed by atoms with E-state index in [1.165, 1.54) is 18.2 Å². The summed E-state index contributed by atoms with van der Waals surface area (Å²) in [5.41, 5.74) is 2.60. The minimum absolute atomic E-state index is 0.0750. The first-order valence-corrected chi connectivity index (χ1v) is 6.10. The number of nitrogens with two attached hydrogens (primary N) is 1. The zero-order valence-corrected chi connectivity index (χ0v) is 11.4. The van der Waals surface area contributed by atoms with E-state index in [9.17, 15) is 14.9 Å². The lowest BCUT2D eigenvalue weighted by Gasteiger charge is -2.11. The lowest BCUT2D eigenvalue weighted by molar-refractivity contribution is -0.384. The highest BCUT2D eigenvalue weighted by atomic mass is 16.6. The summed E-state index contributed by atoms with van der Waals surface area (Å²) in [5.74, 6) is 4.83. The Hall–Kier alpha value is -2.19. The van der Waals surface area contributed by atoms with Crippen molar-refractivity contribution in [1.29, 1.82) is 0 Å². The molecule has 1 amide bonds. The molecule has 0 saturated carbocycles. The Bertz CT molecular complexity index is 490. The second kappa shape index (κ2) is 7.41. The maximum Gasteiger partial charge on any atom is 0.270 e. The molecule has 0 atom stereocenters. The Morgan fingerprint density at radius 2 is 2.20 bits per heavy atom. The number of hydrogen-bond acceptors (Lipinski definition) is 6. The molecule has 8 heteroatoms. The fourth-order valence-electron chi connectivity index (χ4n) is 1.51. The summed E-state index contributed by atoms with van der Waals surface area (Å²) >= 11 is 0. The van der Waals surface area contributed by atoms with Gasteiger partial charge in [-0.2, -0.15) is 0 Å². The Balaban J connectivity index is 2.74. The molecule has 0 fully saturated rings. The van der Waals surface area contributed by atoms with Crippen LogP contribution in [-0.4, -0.2) is 30.1 Å². The van der Waals surface area contributed by atoms with Crippen molar-refractivity contribution in [2.24, 2.45) is 5.84 Å². The van der Waals surface area contributed by atoms with Crippen LogP contribution < -0.4 is 16.6 Å². The number of hydrazine groups is 1. The molecule has 1 rings (SSSR count). The van der Waals surface area contributed by atoms with Gasteiger partial charge in [-0.3, -0.25) is 20.8 Å². The molecule has 0 aromatic heterocycles. The first kappa shape index (κ1) is 15.9. The summed E-state index contributed by atoms with van der Waals surface area (Å²) < 4.78 is 5.28. The smallest absolute Gasteiger partial charge is 0.270 e. The molecule has 0 aliphatic heterocycles. The van der Waals surface area contributed by atoms with E-state index in [2.05, 4.69) is 10.7 Å². The molecule has 110 valence electrons. The number of benzene rings is 1. The van der Waals surface area contributed by atoms with Gasteiger partial charge in [-0.1, -0.05) is 0 Å². The van der Waals surface area contributed by atoms with Crippen molar-refractivity contribution >= 4 is 17.3 Å². The topological polar surface area (TPSA) is 120 Å². The van der Waals surface area contributed by atoms with Crippen LogP contribution in [0.15, 0.2) is 18.2 Å². The number of nitrogen functional groups attached to an aromatic ring is 1. The molecule has 20 heavy (non-hydrogen) atoms. The van der Waals surface area contributed by atoms with Gasteiger partial charge in [0, 0.05) is 18.7 Å². The third-order valence-corrected chi connectivity index (χ3v) is 2.45. The molecule has 0 bridgehead atoms. The van der Waals surface area contributed by atoms with E-state index in [4.69, 9.17) is 10.6 Å². The average Bonchev–Trinajstić information content (AvgIpc) is 2.42. The van der Waals surface area contributed by atoms with Gasteiger partial charge in [0.25, 0.3) is 11.6 Å². The van der Waals surface area contributed by atoms with Gasteiger partial charge in [-0.15, -0.1) is 0 Å². The second-order valence-electron chi connectivity index (χ2n) is 4.31. The quantitative estimate of drug-likeness (QED) is 0.297. The maximum atomic E-state index is 12.0. The van der Waals surface area contributed by atoms with Crippen molar-refractivity contribution in [3.63, 3.8) is 0 Å². The van der Waals surface area contributed by atoms with E-state index in [0.717, 1.165) is 0 Å². The van der Waals surface area contributed by atoms with Gasteiger partial charge in [0.05, 0.1) is 28.9 Å². The fourth-order valence-corrected chi connectivity index (χ4v) is 1.51. The number of anilines is 1. The normalized spacial score (nSPS) is 10.4. The van der Waals surface area contributed by atoms with Crippen molar-refractivity contribution in [2.45, 2.75) is 20.0 Å². The molecule has 0 unspecified atom stereocenters. The van der Waals surface area contributed by atoms with Crippen LogP contribution in [0.1, 0.15) is 24.2 Å². The predicted octanol–water partition coefficient (Wildman–Crippen LogP) is 1.04. The Morgan fingerprint density at radius 3 is 2.75 bits per heavy atom. The molecule has 0 radical (unpaired) electrons. The highest BCUT2D eigenvalue weighted by molar-refractivity contribution is 6.00. The number of nitrogens with zero attached hydrogens (tertiary/aromatic N) is 1. The summed E-state index contributed by atoms with van der Waals surface area (Å²) in [7, 11) is 0. The van der Waals surface area contributed by atoms with Crippen LogP contribution in [-0.2, 0) is 4.74 Å². The van der Waals surface area contributed by atoms with Gasteiger partial charge in [-0.05, 0) is 19.9 Å². The first-order valence-electron chi connectivity index (χ1n) is 6.10. The molecule has 0 aliphatic rings. The molecule has 0 saturated heterocycles. The number of amides is 1. The molecule has 1 aromatic carbocycles. The zero-order chi connectivity index (χ0) is 15.1. The van der Waals surface area contributed by atoms with Gasteiger partial charge < -0.3 is 15.5 Å². The maximum absolute atomic E-state index is 12.0. The number of ether oxygens (including phenoxy) is 1. The van der Waals surface area contributed by atoms with Crippen LogP contribution in [0, 0.1) is 10.1 Å². The van der Waals surface area contributed by atoms with Crippen LogP contribution >= 0.6 is 0 Å². The Kier molecular flexibility index (Phi) is 5.88. The first-order chi connectivity index (χ1) is 9.45. The molecule has 0 heterocycles. The number of nitro groups is 1. The van der Waals surface area contributed by atoms with Crippen LogP contribution in [0.3, 0.4) is 0 Å². The molecular formula is C12H18N4O4. The largest absolute Gasteiger partial charge is 0.377 e. The Labute approximate surface area is 116 Å². The van der Waals surface area contributed by atoms with Crippen LogP contribution in [0.2, 0.25) is 0 Å². The number of nitro benzene ring substituents is 1. The third-order valence-electron chi connectivity index (χ3n) is 2.45. The third kappa shape index (κ3) is 4.48. The summed E-state index contributed by atoms with van der Waals surface area (Å²) in [6.07, 6.45) is 0.0750. The number of rotatable bonds is 7. The van der Waals surface area contributed by atoms with Crippen LogP contribution in [0.25, 0.3) is 0 Å². The lowest BCUT2D eigenvalue weighted by atomic mass is 10.1. The molecule has 1 aromatic rings. The number of carbonyl (C=O) groups excluding carboxylic acids is 1. The van der Waals surface area contributed by atoms with E-state index in [1.54, 1.807) is 0 Å². The zero-order valence-electron chi connectivity index (χ0n) is 11.4. The number of nitrogens with one attached hydrogen (secondary N) is 2. The highest BCUT2D eigenvalue weighted by Gasteiger charge is 2.16. The summed E-state index contributed by atoms with van der Waals surface area (Å²) in [5, 5.41) is 13.3. The van der Waals surface area contributed by atoms with Crippen LogP contribution in [0.4, 0.5) is 11.4 Å².